The molecule has 1 unspecified atom stereocenters. The van der Waals surface area contributed by atoms with E-state index in [1.54, 1.807) is 0 Å². The van der Waals surface area contributed by atoms with Crippen molar-refractivity contribution in [2.75, 3.05) is 7.05 Å². The SMILES string of the molecule is CNC(c1ccnc(C)c1)c1ccn(C)n1. The van der Waals surface area contributed by atoms with E-state index in [0.29, 0.717) is 0 Å². The molecule has 2 rings (SSSR count). The Kier molecular flexibility index (Phi) is 3.01. The van der Waals surface area contributed by atoms with E-state index in [1.165, 1.54) is 5.56 Å². The van der Waals surface area contributed by atoms with Crippen molar-refractivity contribution in [2.24, 2.45) is 7.05 Å². The van der Waals surface area contributed by atoms with Crippen LogP contribution in [0.25, 0.3) is 0 Å². The summed E-state index contributed by atoms with van der Waals surface area (Å²) >= 11 is 0. The quantitative estimate of drug-likeness (QED) is 0.844. The van der Waals surface area contributed by atoms with Crippen molar-refractivity contribution in [3.05, 3.63) is 47.5 Å². The Balaban J connectivity index is 2.36. The van der Waals surface area contributed by atoms with Gasteiger partial charge in [-0.15, -0.1) is 0 Å². The maximum absolute atomic E-state index is 4.42. The van der Waals surface area contributed by atoms with Crippen molar-refractivity contribution < 1.29 is 0 Å². The molecule has 0 saturated carbocycles. The minimum Gasteiger partial charge on any atom is -0.308 e. The molecule has 0 saturated heterocycles. The molecule has 4 nitrogen and oxygen atoms in total. The molecule has 0 fully saturated rings. The van der Waals surface area contributed by atoms with Crippen LogP contribution >= 0.6 is 0 Å². The lowest BCUT2D eigenvalue weighted by molar-refractivity contribution is 0.641. The molecule has 0 aromatic carbocycles. The van der Waals surface area contributed by atoms with E-state index in [9.17, 15) is 0 Å². The zero-order chi connectivity index (χ0) is 11.5. The van der Waals surface area contributed by atoms with Crippen LogP contribution in [-0.2, 0) is 7.05 Å². The normalized spacial score (nSPS) is 12.7. The first-order valence-corrected chi connectivity index (χ1v) is 5.30. The summed E-state index contributed by atoms with van der Waals surface area (Å²) in [6, 6.07) is 6.25. The van der Waals surface area contributed by atoms with Gasteiger partial charge >= 0.3 is 0 Å². The number of aromatic nitrogens is 3. The summed E-state index contributed by atoms with van der Waals surface area (Å²) < 4.78 is 1.81. The molecule has 1 N–H and O–H groups in total. The number of aryl methyl sites for hydroxylation is 2. The van der Waals surface area contributed by atoms with Crippen LogP contribution in [-0.4, -0.2) is 21.8 Å². The van der Waals surface area contributed by atoms with Gasteiger partial charge in [-0.2, -0.15) is 5.10 Å². The van der Waals surface area contributed by atoms with E-state index in [4.69, 9.17) is 0 Å². The van der Waals surface area contributed by atoms with Crippen LogP contribution < -0.4 is 5.32 Å². The van der Waals surface area contributed by atoms with Gasteiger partial charge in [-0.3, -0.25) is 9.67 Å². The van der Waals surface area contributed by atoms with Gasteiger partial charge in [0.05, 0.1) is 11.7 Å². The molecular weight excluding hydrogens is 200 g/mol. The van der Waals surface area contributed by atoms with Crippen LogP contribution in [0.15, 0.2) is 30.6 Å². The van der Waals surface area contributed by atoms with Gasteiger partial charge < -0.3 is 5.32 Å². The molecule has 0 aliphatic rings. The molecule has 16 heavy (non-hydrogen) atoms. The third kappa shape index (κ3) is 2.12. The van der Waals surface area contributed by atoms with E-state index in [2.05, 4.69) is 21.5 Å². The van der Waals surface area contributed by atoms with Gasteiger partial charge in [0.15, 0.2) is 0 Å². The van der Waals surface area contributed by atoms with Gasteiger partial charge in [-0.1, -0.05) is 0 Å². The van der Waals surface area contributed by atoms with Crippen molar-refractivity contribution in [2.45, 2.75) is 13.0 Å². The Morgan fingerprint density at radius 2 is 2.19 bits per heavy atom. The lowest BCUT2D eigenvalue weighted by atomic mass is 10.0. The van der Waals surface area contributed by atoms with E-state index in [-0.39, 0.29) is 6.04 Å². The Hall–Kier alpha value is -1.68. The predicted molar refractivity (Wildman–Crippen MR) is 63.1 cm³/mol. The van der Waals surface area contributed by atoms with Gasteiger partial charge in [0.2, 0.25) is 0 Å². The topological polar surface area (TPSA) is 42.7 Å². The molecule has 4 heteroatoms. The van der Waals surface area contributed by atoms with E-state index in [1.807, 2.05) is 50.2 Å². The summed E-state index contributed by atoms with van der Waals surface area (Å²) in [5.74, 6) is 0. The lowest BCUT2D eigenvalue weighted by Gasteiger charge is -2.14. The van der Waals surface area contributed by atoms with E-state index >= 15 is 0 Å². The first-order valence-electron chi connectivity index (χ1n) is 5.30. The minimum absolute atomic E-state index is 0.128. The molecule has 0 bridgehead atoms. The van der Waals surface area contributed by atoms with Crippen LogP contribution in [0.5, 0.6) is 0 Å². The summed E-state index contributed by atoms with van der Waals surface area (Å²) in [5.41, 5.74) is 3.23. The number of nitrogens with one attached hydrogen (secondary N) is 1. The number of hydrogen-bond acceptors (Lipinski definition) is 3. The summed E-state index contributed by atoms with van der Waals surface area (Å²) in [6.07, 6.45) is 3.78. The Bertz CT molecular complexity index is 475. The van der Waals surface area contributed by atoms with Gasteiger partial charge in [0, 0.05) is 25.1 Å². The zero-order valence-electron chi connectivity index (χ0n) is 9.81. The van der Waals surface area contributed by atoms with Crippen molar-refractivity contribution in [1.29, 1.82) is 0 Å². The van der Waals surface area contributed by atoms with Crippen LogP contribution in [0.2, 0.25) is 0 Å². The largest absolute Gasteiger partial charge is 0.308 e. The highest BCUT2D eigenvalue weighted by Gasteiger charge is 2.14. The first-order chi connectivity index (χ1) is 7.70. The van der Waals surface area contributed by atoms with Crippen LogP contribution in [0.3, 0.4) is 0 Å². The zero-order valence-corrected chi connectivity index (χ0v) is 9.81. The summed E-state index contributed by atoms with van der Waals surface area (Å²) in [4.78, 5) is 4.20. The standard InChI is InChI=1S/C12H16N4/c1-9-8-10(4-6-14-9)12(13-2)11-5-7-16(3)15-11/h4-8,12-13H,1-3H3. The van der Waals surface area contributed by atoms with E-state index in [0.717, 1.165) is 11.4 Å². The fourth-order valence-electron chi connectivity index (χ4n) is 1.82. The van der Waals surface area contributed by atoms with Crippen molar-refractivity contribution in [3.63, 3.8) is 0 Å². The second kappa shape index (κ2) is 4.45. The predicted octanol–water partition coefficient (Wildman–Crippen LogP) is 1.43. The average molecular weight is 216 g/mol. The van der Waals surface area contributed by atoms with Gasteiger partial charge in [-0.05, 0) is 37.7 Å². The molecule has 2 heterocycles. The number of pyridine rings is 1. The number of rotatable bonds is 3. The maximum atomic E-state index is 4.42. The molecule has 0 spiro atoms. The fourth-order valence-corrected chi connectivity index (χ4v) is 1.82. The molecule has 2 aromatic heterocycles. The lowest BCUT2D eigenvalue weighted by Crippen LogP contribution is -2.18. The second-order valence-electron chi connectivity index (χ2n) is 3.87. The molecule has 0 amide bonds. The van der Waals surface area contributed by atoms with Gasteiger partial charge in [0.1, 0.15) is 0 Å². The summed E-state index contributed by atoms with van der Waals surface area (Å²) in [5, 5.41) is 7.69. The third-order valence-corrected chi connectivity index (χ3v) is 2.57. The van der Waals surface area contributed by atoms with Crippen molar-refractivity contribution in [1.82, 2.24) is 20.1 Å². The van der Waals surface area contributed by atoms with Crippen molar-refractivity contribution >= 4 is 0 Å². The van der Waals surface area contributed by atoms with Crippen LogP contribution in [0.4, 0.5) is 0 Å². The third-order valence-electron chi connectivity index (χ3n) is 2.57. The van der Waals surface area contributed by atoms with Crippen LogP contribution in [0.1, 0.15) is 23.0 Å². The smallest absolute Gasteiger partial charge is 0.0839 e. The number of hydrogen-bond donors (Lipinski definition) is 1. The fraction of sp³-hybridized carbons (Fsp3) is 0.333. The Labute approximate surface area is 95.3 Å². The highest BCUT2D eigenvalue weighted by molar-refractivity contribution is 5.27. The molecule has 0 aliphatic carbocycles. The molecule has 0 aliphatic heterocycles. The average Bonchev–Trinajstić information content (AvgIpc) is 2.66. The molecule has 1 atom stereocenters. The van der Waals surface area contributed by atoms with Crippen molar-refractivity contribution in [3.8, 4) is 0 Å². The van der Waals surface area contributed by atoms with Crippen LogP contribution in [0, 0.1) is 6.92 Å². The minimum atomic E-state index is 0.128. The molecule has 2 aromatic rings. The van der Waals surface area contributed by atoms with Gasteiger partial charge in [-0.25, -0.2) is 0 Å². The second-order valence-corrected chi connectivity index (χ2v) is 3.87. The van der Waals surface area contributed by atoms with Gasteiger partial charge in [0.25, 0.3) is 0 Å². The molecular formula is C12H16N4. The Morgan fingerprint density at radius 1 is 1.38 bits per heavy atom. The summed E-state index contributed by atoms with van der Waals surface area (Å²) in [7, 11) is 3.86. The van der Waals surface area contributed by atoms with E-state index < -0.39 is 0 Å². The molecule has 0 radical (unpaired) electrons. The highest BCUT2D eigenvalue weighted by atomic mass is 15.3. The molecule has 84 valence electrons. The Morgan fingerprint density at radius 3 is 2.75 bits per heavy atom. The highest BCUT2D eigenvalue weighted by Crippen LogP contribution is 2.19. The maximum Gasteiger partial charge on any atom is 0.0839 e. The first kappa shape index (κ1) is 10.8. The summed E-state index contributed by atoms with van der Waals surface area (Å²) in [6.45, 7) is 1.99. The number of nitrogens with zero attached hydrogens (tertiary/aromatic N) is 3. The monoisotopic (exact) mass is 216 g/mol.